The Bertz CT molecular complexity index is 267. The molecule has 1 N–H and O–H groups in total. The van der Waals surface area contributed by atoms with Gasteiger partial charge in [0.25, 0.3) is 0 Å². The zero-order valence-electron chi connectivity index (χ0n) is 6.09. The number of thiocarbonyl (C=S) groups is 1. The molecule has 1 atom stereocenters. The lowest BCUT2D eigenvalue weighted by atomic mass is 10.0. The fraction of sp³-hybridized carbons (Fsp3) is 0.375. The van der Waals surface area contributed by atoms with Gasteiger partial charge in [-0.2, -0.15) is 0 Å². The molecule has 58 valence electrons. The number of rotatable bonds is 0. The van der Waals surface area contributed by atoms with Gasteiger partial charge in [-0.15, -0.1) is 0 Å². The largest absolute Gasteiger partial charge is 0.623 e. The molecule has 1 aliphatic carbocycles. The third-order valence-corrected chi connectivity index (χ3v) is 2.48. The van der Waals surface area contributed by atoms with E-state index in [1.54, 1.807) is 0 Å². The Labute approximate surface area is 70.8 Å². The molecule has 2 aliphatic rings. The standard InChI is InChI=1S/C8H9NOS/c10-9-7-4-2-1-3-6(7)5-8(9)11/h1,3,9H,2,4-5H2. The molecule has 2 rings (SSSR count). The van der Waals surface area contributed by atoms with Crippen molar-refractivity contribution in [2.75, 3.05) is 0 Å². The number of quaternary nitrogens is 1. The second kappa shape index (κ2) is 2.52. The van der Waals surface area contributed by atoms with E-state index in [1.807, 2.05) is 6.08 Å². The molecule has 1 heterocycles. The lowest BCUT2D eigenvalue weighted by molar-refractivity contribution is -0.697. The van der Waals surface area contributed by atoms with Crippen molar-refractivity contribution in [1.29, 1.82) is 0 Å². The quantitative estimate of drug-likeness (QED) is 0.425. The van der Waals surface area contributed by atoms with Crippen molar-refractivity contribution in [2.45, 2.75) is 19.3 Å². The van der Waals surface area contributed by atoms with Crippen molar-refractivity contribution in [3.05, 3.63) is 28.6 Å². The zero-order chi connectivity index (χ0) is 7.84. The molecule has 0 saturated heterocycles. The highest BCUT2D eigenvalue weighted by atomic mass is 32.1. The van der Waals surface area contributed by atoms with Crippen LogP contribution in [-0.2, 0) is 0 Å². The van der Waals surface area contributed by atoms with Gasteiger partial charge in [-0.05, 0) is 18.6 Å². The van der Waals surface area contributed by atoms with Gasteiger partial charge in [0.1, 0.15) is 5.70 Å². The molecular weight excluding hydrogens is 158 g/mol. The second-order valence-electron chi connectivity index (χ2n) is 2.87. The monoisotopic (exact) mass is 167 g/mol. The van der Waals surface area contributed by atoms with Crippen molar-refractivity contribution >= 4 is 17.2 Å². The average Bonchev–Trinajstić information content (AvgIpc) is 2.30. The summed E-state index contributed by atoms with van der Waals surface area (Å²) in [5.41, 5.74) is 2.13. The van der Waals surface area contributed by atoms with Crippen LogP contribution in [0.3, 0.4) is 0 Å². The van der Waals surface area contributed by atoms with Gasteiger partial charge in [-0.3, -0.25) is 0 Å². The van der Waals surface area contributed by atoms with Crippen molar-refractivity contribution in [3.8, 4) is 0 Å². The summed E-state index contributed by atoms with van der Waals surface area (Å²) in [5, 5.41) is 11.4. The van der Waals surface area contributed by atoms with Crippen LogP contribution < -0.4 is 5.06 Å². The van der Waals surface area contributed by atoms with Gasteiger partial charge < -0.3 is 10.3 Å². The first kappa shape index (κ1) is 7.16. The third-order valence-electron chi connectivity index (χ3n) is 2.15. The summed E-state index contributed by atoms with van der Waals surface area (Å²) in [4.78, 5) is 0.599. The van der Waals surface area contributed by atoms with E-state index in [-0.39, 0.29) is 5.06 Å². The van der Waals surface area contributed by atoms with Gasteiger partial charge in [0.05, 0.1) is 6.42 Å². The fourth-order valence-corrected chi connectivity index (χ4v) is 1.84. The Morgan fingerprint density at radius 3 is 3.09 bits per heavy atom. The van der Waals surface area contributed by atoms with Crippen LogP contribution in [0.1, 0.15) is 19.3 Å². The highest BCUT2D eigenvalue weighted by molar-refractivity contribution is 7.80. The predicted octanol–water partition coefficient (Wildman–Crippen LogP) is 0.704. The van der Waals surface area contributed by atoms with E-state index in [4.69, 9.17) is 12.2 Å². The number of hydrogen-bond donors (Lipinski definition) is 1. The molecule has 0 amide bonds. The van der Waals surface area contributed by atoms with E-state index >= 15 is 0 Å². The molecule has 0 saturated carbocycles. The third kappa shape index (κ3) is 1.05. The molecule has 1 unspecified atom stereocenters. The molecule has 0 fully saturated rings. The number of nitrogens with one attached hydrogen (secondary N) is 1. The summed E-state index contributed by atoms with van der Waals surface area (Å²) in [6, 6.07) is 0. The first-order chi connectivity index (χ1) is 5.29. The topological polar surface area (TPSA) is 27.5 Å². The summed E-state index contributed by atoms with van der Waals surface area (Å²) in [6.07, 6.45) is 6.74. The van der Waals surface area contributed by atoms with E-state index in [9.17, 15) is 5.21 Å². The Hall–Kier alpha value is -0.510. The molecule has 0 bridgehead atoms. The minimum atomic E-state index is 0.124. The smallest absolute Gasteiger partial charge is 0.182 e. The van der Waals surface area contributed by atoms with Crippen molar-refractivity contribution < 1.29 is 5.06 Å². The highest BCUT2D eigenvalue weighted by Crippen LogP contribution is 2.21. The Balaban J connectivity index is 2.35. The van der Waals surface area contributed by atoms with Crippen molar-refractivity contribution in [3.63, 3.8) is 0 Å². The second-order valence-corrected chi connectivity index (χ2v) is 3.37. The summed E-state index contributed by atoms with van der Waals surface area (Å²) < 4.78 is 0. The van der Waals surface area contributed by atoms with Crippen LogP contribution in [0.25, 0.3) is 0 Å². The molecule has 0 aromatic rings. The van der Waals surface area contributed by atoms with Crippen LogP contribution in [0.4, 0.5) is 0 Å². The molecule has 3 heteroatoms. The molecule has 11 heavy (non-hydrogen) atoms. The minimum Gasteiger partial charge on any atom is -0.623 e. The normalized spacial score (nSPS) is 29.5. The summed E-state index contributed by atoms with van der Waals surface area (Å²) in [5.74, 6) is 0. The zero-order valence-corrected chi connectivity index (χ0v) is 6.91. The van der Waals surface area contributed by atoms with Gasteiger partial charge in [0.2, 0.25) is 0 Å². The molecule has 0 aromatic carbocycles. The maximum Gasteiger partial charge on any atom is 0.182 e. The molecule has 2 nitrogen and oxygen atoms in total. The predicted molar refractivity (Wildman–Crippen MR) is 46.9 cm³/mol. The summed E-state index contributed by atoms with van der Waals surface area (Å²) in [6.45, 7) is 0. The minimum absolute atomic E-state index is 0.124. The van der Waals surface area contributed by atoms with E-state index in [1.165, 1.54) is 0 Å². The van der Waals surface area contributed by atoms with E-state index in [2.05, 4.69) is 6.08 Å². The van der Waals surface area contributed by atoms with E-state index in [0.29, 0.717) is 11.4 Å². The van der Waals surface area contributed by atoms with E-state index in [0.717, 1.165) is 24.1 Å². The molecule has 1 aliphatic heterocycles. The number of allylic oxidation sites excluding steroid dienone is 3. The van der Waals surface area contributed by atoms with Gasteiger partial charge in [-0.25, -0.2) is 0 Å². The van der Waals surface area contributed by atoms with Crippen LogP contribution >= 0.6 is 12.2 Å². The van der Waals surface area contributed by atoms with Crippen LogP contribution in [-0.4, -0.2) is 4.99 Å². The van der Waals surface area contributed by atoms with E-state index < -0.39 is 0 Å². The van der Waals surface area contributed by atoms with Crippen LogP contribution in [0.15, 0.2) is 23.4 Å². The van der Waals surface area contributed by atoms with Crippen molar-refractivity contribution in [2.24, 2.45) is 0 Å². The van der Waals surface area contributed by atoms with Crippen LogP contribution in [0.5, 0.6) is 0 Å². The molecule has 0 aromatic heterocycles. The Morgan fingerprint density at radius 2 is 2.36 bits per heavy atom. The number of hydrogen-bond acceptors (Lipinski definition) is 2. The average molecular weight is 167 g/mol. The first-order valence-corrected chi connectivity index (χ1v) is 4.16. The molecular formula is C8H9NOS. The summed E-state index contributed by atoms with van der Waals surface area (Å²) in [7, 11) is 0. The van der Waals surface area contributed by atoms with Gasteiger partial charge in [0.15, 0.2) is 4.99 Å². The highest BCUT2D eigenvalue weighted by Gasteiger charge is 2.26. The van der Waals surface area contributed by atoms with Crippen LogP contribution in [0, 0.1) is 5.21 Å². The van der Waals surface area contributed by atoms with Gasteiger partial charge in [0, 0.05) is 12.0 Å². The lowest BCUT2D eigenvalue weighted by Gasteiger charge is -2.19. The fourth-order valence-electron chi connectivity index (χ4n) is 1.56. The molecule has 0 radical (unpaired) electrons. The van der Waals surface area contributed by atoms with Gasteiger partial charge in [-0.1, -0.05) is 12.2 Å². The van der Waals surface area contributed by atoms with Gasteiger partial charge >= 0.3 is 0 Å². The first-order valence-electron chi connectivity index (χ1n) is 3.75. The van der Waals surface area contributed by atoms with Crippen molar-refractivity contribution in [1.82, 2.24) is 0 Å². The Kier molecular flexibility index (Phi) is 1.64. The lowest BCUT2D eigenvalue weighted by Crippen LogP contribution is -3.06. The maximum atomic E-state index is 11.3. The summed E-state index contributed by atoms with van der Waals surface area (Å²) >= 11 is 4.93. The maximum absolute atomic E-state index is 11.3. The molecule has 0 spiro atoms. The Morgan fingerprint density at radius 1 is 1.55 bits per heavy atom. The van der Waals surface area contributed by atoms with Crippen LogP contribution in [0.2, 0.25) is 0 Å². The SMILES string of the molecule is [O-][NH+]1C(=S)CC2=C1CCC=C2. The number of hydroxylamine groups is 2.